The van der Waals surface area contributed by atoms with Crippen LogP contribution < -0.4 is 5.32 Å². The van der Waals surface area contributed by atoms with Crippen molar-refractivity contribution < 1.29 is 4.79 Å². The van der Waals surface area contributed by atoms with E-state index in [0.717, 1.165) is 23.2 Å². The SMILES string of the molecule is CN(C)Cc1ccccc1CNC(=O)c1ccc(C#Cc2ccccc2)cc1. The Kier molecular flexibility index (Phi) is 6.62. The Balaban J connectivity index is 1.62. The molecule has 3 nitrogen and oxygen atoms in total. The molecule has 3 aromatic rings. The van der Waals surface area contributed by atoms with Crippen LogP contribution in [0.3, 0.4) is 0 Å². The zero-order valence-corrected chi connectivity index (χ0v) is 16.3. The number of amides is 1. The summed E-state index contributed by atoms with van der Waals surface area (Å²) in [6.45, 7) is 1.36. The summed E-state index contributed by atoms with van der Waals surface area (Å²) in [5.41, 5.74) is 4.85. The van der Waals surface area contributed by atoms with Gasteiger partial charge in [-0.2, -0.15) is 0 Å². The van der Waals surface area contributed by atoms with Gasteiger partial charge in [0, 0.05) is 29.8 Å². The fourth-order valence-corrected chi connectivity index (χ4v) is 2.87. The Morgan fingerprint density at radius 2 is 1.36 bits per heavy atom. The molecule has 0 aliphatic heterocycles. The number of benzene rings is 3. The average Bonchev–Trinajstić information content (AvgIpc) is 2.72. The Morgan fingerprint density at radius 3 is 2.00 bits per heavy atom. The molecule has 3 aromatic carbocycles. The molecular weight excluding hydrogens is 344 g/mol. The molecule has 3 rings (SSSR count). The molecule has 0 fully saturated rings. The highest BCUT2D eigenvalue weighted by molar-refractivity contribution is 5.94. The second kappa shape index (κ2) is 9.55. The van der Waals surface area contributed by atoms with Crippen LogP contribution in [-0.2, 0) is 13.1 Å². The first-order chi connectivity index (χ1) is 13.6. The standard InChI is InChI=1S/C25H24N2O/c1-27(2)19-24-11-7-6-10-23(24)18-26-25(28)22-16-14-21(15-17-22)13-12-20-8-4-3-5-9-20/h3-11,14-17H,18-19H2,1-2H3,(H,26,28). The highest BCUT2D eigenvalue weighted by Gasteiger charge is 2.07. The minimum Gasteiger partial charge on any atom is -0.348 e. The fraction of sp³-hybridized carbons (Fsp3) is 0.160. The van der Waals surface area contributed by atoms with E-state index in [9.17, 15) is 4.79 Å². The minimum absolute atomic E-state index is 0.0813. The number of hydrogen-bond acceptors (Lipinski definition) is 2. The number of carbonyl (C=O) groups is 1. The zero-order valence-electron chi connectivity index (χ0n) is 16.3. The summed E-state index contributed by atoms with van der Waals surface area (Å²) in [6.07, 6.45) is 0. The van der Waals surface area contributed by atoms with Crippen LogP contribution in [0.1, 0.15) is 32.6 Å². The molecule has 1 N–H and O–H groups in total. The second-order valence-corrected chi connectivity index (χ2v) is 6.88. The van der Waals surface area contributed by atoms with Crippen molar-refractivity contribution in [3.8, 4) is 11.8 Å². The first-order valence-corrected chi connectivity index (χ1v) is 9.28. The van der Waals surface area contributed by atoms with Gasteiger partial charge in [0.2, 0.25) is 0 Å². The lowest BCUT2D eigenvalue weighted by Gasteiger charge is -2.14. The van der Waals surface area contributed by atoms with Gasteiger partial charge in [0.15, 0.2) is 0 Å². The molecule has 3 heteroatoms. The maximum absolute atomic E-state index is 12.5. The van der Waals surface area contributed by atoms with E-state index in [4.69, 9.17) is 0 Å². The van der Waals surface area contributed by atoms with Crippen molar-refractivity contribution in [2.24, 2.45) is 0 Å². The van der Waals surface area contributed by atoms with Gasteiger partial charge in [-0.3, -0.25) is 4.79 Å². The molecule has 0 aliphatic rings. The number of carbonyl (C=O) groups excluding carboxylic acids is 1. The quantitative estimate of drug-likeness (QED) is 0.689. The monoisotopic (exact) mass is 368 g/mol. The van der Waals surface area contributed by atoms with Crippen molar-refractivity contribution in [3.63, 3.8) is 0 Å². The molecule has 0 heterocycles. The molecule has 0 bridgehead atoms. The van der Waals surface area contributed by atoms with Crippen LogP contribution in [0.5, 0.6) is 0 Å². The highest BCUT2D eigenvalue weighted by Crippen LogP contribution is 2.11. The summed E-state index contributed by atoms with van der Waals surface area (Å²) >= 11 is 0. The molecule has 0 radical (unpaired) electrons. The molecule has 0 aromatic heterocycles. The third-order valence-electron chi connectivity index (χ3n) is 4.32. The van der Waals surface area contributed by atoms with E-state index in [1.54, 1.807) is 0 Å². The maximum atomic E-state index is 12.5. The summed E-state index contributed by atoms with van der Waals surface area (Å²) in [5.74, 6) is 6.17. The molecule has 1 amide bonds. The molecule has 0 saturated carbocycles. The summed E-state index contributed by atoms with van der Waals surface area (Å²) in [7, 11) is 4.08. The largest absolute Gasteiger partial charge is 0.348 e. The lowest BCUT2D eigenvalue weighted by molar-refractivity contribution is 0.0951. The van der Waals surface area contributed by atoms with Crippen LogP contribution in [0.25, 0.3) is 0 Å². The predicted molar refractivity (Wildman–Crippen MR) is 114 cm³/mol. The first kappa shape index (κ1) is 19.4. The Hall–Kier alpha value is -3.35. The number of hydrogen-bond donors (Lipinski definition) is 1. The highest BCUT2D eigenvalue weighted by atomic mass is 16.1. The fourth-order valence-electron chi connectivity index (χ4n) is 2.87. The number of nitrogens with zero attached hydrogens (tertiary/aromatic N) is 1. The Labute approximate surface area is 167 Å². The van der Waals surface area contributed by atoms with E-state index in [1.807, 2.05) is 80.8 Å². The molecular formula is C25H24N2O. The first-order valence-electron chi connectivity index (χ1n) is 9.28. The van der Waals surface area contributed by atoms with E-state index >= 15 is 0 Å². The van der Waals surface area contributed by atoms with Crippen molar-refractivity contribution in [1.29, 1.82) is 0 Å². The maximum Gasteiger partial charge on any atom is 0.251 e. The van der Waals surface area contributed by atoms with Gasteiger partial charge >= 0.3 is 0 Å². The molecule has 0 spiro atoms. The second-order valence-electron chi connectivity index (χ2n) is 6.88. The van der Waals surface area contributed by atoms with Crippen LogP contribution in [0, 0.1) is 11.8 Å². The van der Waals surface area contributed by atoms with Crippen LogP contribution in [0.15, 0.2) is 78.9 Å². The predicted octanol–water partition coefficient (Wildman–Crippen LogP) is 4.08. The van der Waals surface area contributed by atoms with Crippen molar-refractivity contribution in [1.82, 2.24) is 10.2 Å². The van der Waals surface area contributed by atoms with Crippen molar-refractivity contribution in [3.05, 3.63) is 107 Å². The Bertz CT molecular complexity index is 980. The molecule has 0 atom stereocenters. The number of rotatable bonds is 5. The molecule has 0 saturated heterocycles. The van der Waals surface area contributed by atoms with Crippen molar-refractivity contribution >= 4 is 5.91 Å². The lowest BCUT2D eigenvalue weighted by atomic mass is 10.1. The van der Waals surface area contributed by atoms with E-state index in [1.165, 1.54) is 5.56 Å². The summed E-state index contributed by atoms with van der Waals surface area (Å²) in [5, 5.41) is 3.01. The van der Waals surface area contributed by atoms with Crippen LogP contribution >= 0.6 is 0 Å². The van der Waals surface area contributed by atoms with E-state index in [2.05, 4.69) is 34.2 Å². The molecule has 28 heavy (non-hydrogen) atoms. The Morgan fingerprint density at radius 1 is 0.786 bits per heavy atom. The van der Waals surface area contributed by atoms with Gasteiger partial charge < -0.3 is 10.2 Å². The summed E-state index contributed by atoms with van der Waals surface area (Å²) in [4.78, 5) is 14.6. The molecule has 0 unspecified atom stereocenters. The van der Waals surface area contributed by atoms with Gasteiger partial charge in [-0.25, -0.2) is 0 Å². The van der Waals surface area contributed by atoms with Crippen LogP contribution in [-0.4, -0.2) is 24.9 Å². The normalized spacial score (nSPS) is 10.2. The number of nitrogens with one attached hydrogen (secondary N) is 1. The zero-order chi connectivity index (χ0) is 19.8. The van der Waals surface area contributed by atoms with Crippen molar-refractivity contribution in [2.75, 3.05) is 14.1 Å². The summed E-state index contributed by atoms with van der Waals surface area (Å²) < 4.78 is 0. The van der Waals surface area contributed by atoms with Gasteiger partial charge in [-0.1, -0.05) is 54.3 Å². The average molecular weight is 368 g/mol. The smallest absolute Gasteiger partial charge is 0.251 e. The van der Waals surface area contributed by atoms with E-state index in [-0.39, 0.29) is 5.91 Å². The van der Waals surface area contributed by atoms with Crippen molar-refractivity contribution in [2.45, 2.75) is 13.1 Å². The van der Waals surface area contributed by atoms with E-state index in [0.29, 0.717) is 12.1 Å². The van der Waals surface area contributed by atoms with E-state index < -0.39 is 0 Å². The van der Waals surface area contributed by atoms with Gasteiger partial charge in [0.25, 0.3) is 5.91 Å². The summed E-state index contributed by atoms with van der Waals surface area (Å²) in [6, 6.07) is 25.4. The third kappa shape index (κ3) is 5.57. The topological polar surface area (TPSA) is 32.3 Å². The van der Waals surface area contributed by atoms with Gasteiger partial charge in [0.1, 0.15) is 0 Å². The van der Waals surface area contributed by atoms with Gasteiger partial charge in [-0.15, -0.1) is 0 Å². The van der Waals surface area contributed by atoms with Gasteiger partial charge in [-0.05, 0) is 61.6 Å². The molecule has 0 aliphatic carbocycles. The third-order valence-corrected chi connectivity index (χ3v) is 4.32. The van der Waals surface area contributed by atoms with Gasteiger partial charge in [0.05, 0.1) is 0 Å². The minimum atomic E-state index is -0.0813. The molecule has 140 valence electrons. The van der Waals surface area contributed by atoms with Crippen LogP contribution in [0.2, 0.25) is 0 Å². The van der Waals surface area contributed by atoms with Crippen LogP contribution in [0.4, 0.5) is 0 Å². The lowest BCUT2D eigenvalue weighted by Crippen LogP contribution is -2.24.